The molecule has 0 aliphatic rings. The van der Waals surface area contributed by atoms with Crippen LogP contribution in [0, 0.1) is 0 Å². The van der Waals surface area contributed by atoms with Crippen LogP contribution in [0.2, 0.25) is 0 Å². The Labute approximate surface area is 172 Å². The Hall–Kier alpha value is -2.29. The molecule has 0 unspecified atom stereocenters. The normalized spacial score (nSPS) is 15.6. The van der Waals surface area contributed by atoms with Gasteiger partial charge in [-0.2, -0.15) is 0 Å². The van der Waals surface area contributed by atoms with Gasteiger partial charge in [0, 0.05) is 15.3 Å². The zero-order chi connectivity index (χ0) is 24.2. The molecular formula is C20H28N2O5S. The van der Waals surface area contributed by atoms with E-state index in [1.807, 2.05) is 0 Å². The lowest BCUT2D eigenvalue weighted by atomic mass is 10.1. The number of benzene rings is 2. The number of para-hydroxylation sites is 2. The number of sulfonamides is 1. The van der Waals surface area contributed by atoms with Gasteiger partial charge in [0.15, 0.2) is 11.5 Å². The van der Waals surface area contributed by atoms with Crippen molar-refractivity contribution in [2.45, 2.75) is 31.2 Å². The van der Waals surface area contributed by atoms with E-state index < -0.39 is 29.1 Å². The number of hydrogen-bond donors (Lipinski definition) is 2. The molecule has 0 radical (unpaired) electrons. The SMILES string of the molecule is [2H]C([2H])(N[C@@H](C)Cc1ccc(OC)c(S(N)(=O)=O)c1)C([2H])([2H])Oc1ccccc1OCC. The maximum atomic E-state index is 11.8. The highest BCUT2D eigenvalue weighted by atomic mass is 32.2. The van der Waals surface area contributed by atoms with Crippen molar-refractivity contribution in [3.63, 3.8) is 0 Å². The molecule has 1 atom stereocenters. The van der Waals surface area contributed by atoms with E-state index in [1.54, 1.807) is 38.1 Å². The molecule has 8 heteroatoms. The van der Waals surface area contributed by atoms with Crippen molar-refractivity contribution in [3.8, 4) is 17.2 Å². The fraction of sp³-hybridized carbons (Fsp3) is 0.400. The molecule has 28 heavy (non-hydrogen) atoms. The van der Waals surface area contributed by atoms with Crippen LogP contribution in [0.5, 0.6) is 17.2 Å². The summed E-state index contributed by atoms with van der Waals surface area (Å²) in [5.74, 6) is 0.479. The van der Waals surface area contributed by atoms with Crippen molar-refractivity contribution in [2.75, 3.05) is 26.8 Å². The number of hydrogen-bond acceptors (Lipinski definition) is 6. The fourth-order valence-corrected chi connectivity index (χ4v) is 3.26. The molecule has 0 bridgehead atoms. The quantitative estimate of drug-likeness (QED) is 0.588. The number of primary sulfonamides is 1. The average molecular weight is 413 g/mol. The summed E-state index contributed by atoms with van der Waals surface area (Å²) in [6, 6.07) is 10.3. The lowest BCUT2D eigenvalue weighted by Crippen LogP contribution is -2.32. The first-order valence-electron chi connectivity index (χ1n) is 10.7. The molecular weight excluding hydrogens is 380 g/mol. The summed E-state index contributed by atoms with van der Waals surface area (Å²) in [5.41, 5.74) is 0.550. The Morgan fingerprint density at radius 1 is 1.14 bits per heavy atom. The van der Waals surface area contributed by atoms with Crippen molar-refractivity contribution < 1.29 is 28.1 Å². The molecule has 2 rings (SSSR count). The van der Waals surface area contributed by atoms with Gasteiger partial charge in [-0.05, 0) is 50.1 Å². The first-order valence-corrected chi connectivity index (χ1v) is 10.2. The third-order valence-electron chi connectivity index (χ3n) is 3.76. The molecule has 2 aromatic rings. The first-order chi connectivity index (χ1) is 14.8. The molecule has 154 valence electrons. The molecule has 2 aromatic carbocycles. The van der Waals surface area contributed by atoms with Gasteiger partial charge < -0.3 is 19.5 Å². The van der Waals surface area contributed by atoms with Gasteiger partial charge in [0.2, 0.25) is 10.0 Å². The molecule has 0 aliphatic carbocycles. The van der Waals surface area contributed by atoms with Crippen LogP contribution in [0.1, 0.15) is 24.9 Å². The number of methoxy groups -OCH3 is 1. The fourth-order valence-electron chi connectivity index (χ4n) is 2.52. The van der Waals surface area contributed by atoms with Crippen molar-refractivity contribution in [1.29, 1.82) is 0 Å². The van der Waals surface area contributed by atoms with Crippen molar-refractivity contribution >= 4 is 10.0 Å². The van der Waals surface area contributed by atoms with Gasteiger partial charge >= 0.3 is 0 Å². The Morgan fingerprint density at radius 3 is 2.43 bits per heavy atom. The minimum atomic E-state index is -4.02. The number of nitrogens with one attached hydrogen (secondary N) is 1. The number of ether oxygens (including phenoxy) is 3. The van der Waals surface area contributed by atoms with E-state index in [0.717, 1.165) is 0 Å². The highest BCUT2D eigenvalue weighted by molar-refractivity contribution is 7.89. The minimum absolute atomic E-state index is 0.0747. The van der Waals surface area contributed by atoms with E-state index in [1.165, 1.54) is 25.3 Å². The van der Waals surface area contributed by atoms with Gasteiger partial charge in [0.05, 0.1) is 16.5 Å². The summed E-state index contributed by atoms with van der Waals surface area (Å²) in [5, 5.41) is 7.82. The van der Waals surface area contributed by atoms with Crippen LogP contribution in [0.15, 0.2) is 47.4 Å². The van der Waals surface area contributed by atoms with Crippen LogP contribution >= 0.6 is 0 Å². The van der Waals surface area contributed by atoms with E-state index in [9.17, 15) is 8.42 Å². The summed E-state index contributed by atoms with van der Waals surface area (Å²) in [6.07, 6.45) is 0.192. The van der Waals surface area contributed by atoms with Crippen molar-refractivity contribution in [1.82, 2.24) is 5.32 Å². The maximum Gasteiger partial charge on any atom is 0.241 e. The Balaban J connectivity index is 2.17. The second kappa shape index (κ2) is 10.3. The molecule has 7 nitrogen and oxygen atoms in total. The predicted molar refractivity (Wildman–Crippen MR) is 109 cm³/mol. The van der Waals surface area contributed by atoms with Gasteiger partial charge in [0.25, 0.3) is 0 Å². The van der Waals surface area contributed by atoms with Gasteiger partial charge in [-0.15, -0.1) is 0 Å². The van der Waals surface area contributed by atoms with Gasteiger partial charge in [-0.25, -0.2) is 13.6 Å². The summed E-state index contributed by atoms with van der Waals surface area (Å²) >= 11 is 0. The summed E-state index contributed by atoms with van der Waals surface area (Å²) in [4.78, 5) is -0.182. The number of nitrogens with two attached hydrogens (primary N) is 1. The minimum Gasteiger partial charge on any atom is -0.495 e. The van der Waals surface area contributed by atoms with Crippen molar-refractivity contribution in [3.05, 3.63) is 48.0 Å². The smallest absolute Gasteiger partial charge is 0.241 e. The zero-order valence-corrected chi connectivity index (χ0v) is 16.9. The number of rotatable bonds is 11. The third kappa shape index (κ3) is 6.40. The first kappa shape index (κ1) is 16.6. The molecule has 0 amide bonds. The van der Waals surface area contributed by atoms with E-state index >= 15 is 0 Å². The van der Waals surface area contributed by atoms with Crippen LogP contribution in [-0.2, 0) is 16.4 Å². The highest BCUT2D eigenvalue weighted by Gasteiger charge is 2.16. The average Bonchev–Trinajstić information content (AvgIpc) is 2.68. The zero-order valence-electron chi connectivity index (χ0n) is 20.1. The van der Waals surface area contributed by atoms with E-state index in [4.69, 9.17) is 24.8 Å². The molecule has 0 aliphatic heterocycles. The maximum absolute atomic E-state index is 11.8. The molecule has 0 aromatic heterocycles. The molecule has 0 saturated heterocycles. The summed E-state index contributed by atoms with van der Waals surface area (Å²) in [6.45, 7) is -1.59. The van der Waals surface area contributed by atoms with E-state index in [0.29, 0.717) is 17.9 Å². The molecule has 0 heterocycles. The van der Waals surface area contributed by atoms with Crippen LogP contribution < -0.4 is 24.7 Å². The van der Waals surface area contributed by atoms with Crippen molar-refractivity contribution in [2.24, 2.45) is 5.14 Å². The third-order valence-corrected chi connectivity index (χ3v) is 4.69. The largest absolute Gasteiger partial charge is 0.495 e. The lowest BCUT2D eigenvalue weighted by molar-refractivity contribution is 0.272. The second-order valence-corrected chi connectivity index (χ2v) is 7.52. The van der Waals surface area contributed by atoms with Gasteiger partial charge in [-0.1, -0.05) is 18.2 Å². The molecule has 0 spiro atoms. The molecule has 3 N–H and O–H groups in total. The predicted octanol–water partition coefficient (Wildman–Crippen LogP) is 2.34. The molecule has 0 saturated carbocycles. The molecule has 0 fully saturated rings. The van der Waals surface area contributed by atoms with Crippen LogP contribution in [0.4, 0.5) is 0 Å². The van der Waals surface area contributed by atoms with Gasteiger partial charge in [0.1, 0.15) is 17.2 Å². The standard InChI is InChI=1S/C20H28N2O5S/c1-4-26-17-7-5-6-8-18(17)27-12-11-22-15(2)13-16-9-10-19(25-3)20(14-16)28(21,23)24/h5-10,14-15,22H,4,11-13H2,1-3H3,(H2,21,23,24)/t15-/m0/s1/i11D2,12D2. The Bertz CT molecular complexity index is 1030. The van der Waals surface area contributed by atoms with Crippen LogP contribution in [0.3, 0.4) is 0 Å². The van der Waals surface area contributed by atoms with Crippen LogP contribution in [0.25, 0.3) is 0 Å². The van der Waals surface area contributed by atoms with Gasteiger partial charge in [-0.3, -0.25) is 0 Å². The van der Waals surface area contributed by atoms with Crippen LogP contribution in [-0.4, -0.2) is 41.2 Å². The Kier molecular flexibility index (Phi) is 6.13. The summed E-state index contributed by atoms with van der Waals surface area (Å²) < 4.78 is 72.2. The lowest BCUT2D eigenvalue weighted by Gasteiger charge is -2.16. The monoisotopic (exact) mass is 412 g/mol. The van der Waals surface area contributed by atoms with E-state index in [2.05, 4.69) is 5.32 Å². The summed E-state index contributed by atoms with van der Waals surface area (Å²) in [7, 11) is -2.69. The highest BCUT2D eigenvalue weighted by Crippen LogP contribution is 2.26. The topological polar surface area (TPSA) is 99.9 Å². The Morgan fingerprint density at radius 2 is 1.82 bits per heavy atom. The second-order valence-electron chi connectivity index (χ2n) is 5.99. The van der Waals surface area contributed by atoms with E-state index in [-0.39, 0.29) is 22.8 Å².